The van der Waals surface area contributed by atoms with Gasteiger partial charge in [-0.15, -0.1) is 0 Å². The summed E-state index contributed by atoms with van der Waals surface area (Å²) in [6.07, 6.45) is 1.58. The molecule has 0 spiro atoms. The average molecular weight is 490 g/mol. The van der Waals surface area contributed by atoms with E-state index in [1.54, 1.807) is 23.1 Å². The summed E-state index contributed by atoms with van der Waals surface area (Å²) in [5.41, 5.74) is 5.17. The molecule has 1 aromatic heterocycles. The predicted octanol–water partition coefficient (Wildman–Crippen LogP) is 4.74. The molecular weight excluding hydrogens is 462 g/mol. The zero-order chi connectivity index (χ0) is 24.6. The van der Waals surface area contributed by atoms with Gasteiger partial charge in [0.05, 0.1) is 7.11 Å². The molecule has 1 aliphatic heterocycles. The van der Waals surface area contributed by atoms with Crippen molar-refractivity contribution in [1.82, 2.24) is 9.88 Å². The van der Waals surface area contributed by atoms with Crippen LogP contribution >= 0.6 is 0 Å². The fraction of sp³-hybridized carbons (Fsp3) is 0.222. The minimum atomic E-state index is -3.98. The van der Waals surface area contributed by atoms with E-state index in [1.807, 2.05) is 37.3 Å². The standard InChI is InChI=1S/C27H27N3O4S/c1-3-18-8-11-20(12-9-18)29-35(32,33)26-16-19(10-13-25(26)34-2)27(31)30-15-14-24-22(17-30)21-6-4-5-7-23(21)28-24/h4-13,16,28-29H,3,14-15,17H2,1-2H3. The van der Waals surface area contributed by atoms with E-state index in [-0.39, 0.29) is 16.6 Å². The van der Waals surface area contributed by atoms with Crippen LogP contribution in [0, 0.1) is 0 Å². The van der Waals surface area contributed by atoms with Gasteiger partial charge in [0.15, 0.2) is 0 Å². The highest BCUT2D eigenvalue weighted by molar-refractivity contribution is 7.92. The molecule has 0 bridgehead atoms. The third-order valence-electron chi connectivity index (χ3n) is 6.48. The molecule has 8 heteroatoms. The Kier molecular flexibility index (Phi) is 5.98. The summed E-state index contributed by atoms with van der Waals surface area (Å²) in [6, 6.07) is 19.8. The summed E-state index contributed by atoms with van der Waals surface area (Å²) in [6.45, 7) is 3.05. The lowest BCUT2D eigenvalue weighted by Crippen LogP contribution is -2.35. The van der Waals surface area contributed by atoms with Crippen molar-refractivity contribution in [2.45, 2.75) is 31.2 Å². The fourth-order valence-electron chi connectivity index (χ4n) is 4.56. The van der Waals surface area contributed by atoms with E-state index in [0.29, 0.717) is 30.8 Å². The SMILES string of the molecule is CCc1ccc(NS(=O)(=O)c2cc(C(=O)N3CCc4[nH]c5ccccc5c4C3)ccc2OC)cc1. The maximum Gasteiger partial charge on any atom is 0.265 e. The molecule has 180 valence electrons. The van der Waals surface area contributed by atoms with Gasteiger partial charge in [0, 0.05) is 52.9 Å². The highest BCUT2D eigenvalue weighted by Crippen LogP contribution is 2.31. The van der Waals surface area contributed by atoms with Gasteiger partial charge in [-0.1, -0.05) is 37.3 Å². The monoisotopic (exact) mass is 489 g/mol. The third kappa shape index (κ3) is 4.37. The number of rotatable bonds is 6. The van der Waals surface area contributed by atoms with Crippen LogP contribution in [-0.2, 0) is 29.4 Å². The molecule has 0 radical (unpaired) electrons. The van der Waals surface area contributed by atoms with Crippen LogP contribution < -0.4 is 9.46 Å². The molecule has 35 heavy (non-hydrogen) atoms. The highest BCUT2D eigenvalue weighted by Gasteiger charge is 2.27. The number of nitrogens with zero attached hydrogens (tertiary/aromatic N) is 1. The lowest BCUT2D eigenvalue weighted by atomic mass is 10.0. The lowest BCUT2D eigenvalue weighted by molar-refractivity contribution is 0.0735. The number of nitrogens with one attached hydrogen (secondary N) is 2. The summed E-state index contributed by atoms with van der Waals surface area (Å²) < 4.78 is 34.4. The van der Waals surface area contributed by atoms with E-state index in [0.717, 1.165) is 34.1 Å². The second-order valence-electron chi connectivity index (χ2n) is 8.63. The number of amides is 1. The van der Waals surface area contributed by atoms with Crippen molar-refractivity contribution < 1.29 is 17.9 Å². The molecule has 2 heterocycles. The Balaban J connectivity index is 1.43. The van der Waals surface area contributed by atoms with E-state index >= 15 is 0 Å². The van der Waals surface area contributed by atoms with Crippen molar-refractivity contribution in [3.8, 4) is 5.75 Å². The Morgan fingerprint density at radius 3 is 2.60 bits per heavy atom. The highest BCUT2D eigenvalue weighted by atomic mass is 32.2. The van der Waals surface area contributed by atoms with Gasteiger partial charge in [-0.25, -0.2) is 8.42 Å². The number of carbonyl (C=O) groups excluding carboxylic acids is 1. The number of aryl methyl sites for hydroxylation is 1. The molecule has 2 N–H and O–H groups in total. The summed E-state index contributed by atoms with van der Waals surface area (Å²) in [5.74, 6) is -0.0379. The first-order valence-corrected chi connectivity index (χ1v) is 13.1. The zero-order valence-electron chi connectivity index (χ0n) is 19.7. The van der Waals surface area contributed by atoms with E-state index in [2.05, 4.69) is 15.8 Å². The molecule has 4 aromatic rings. The van der Waals surface area contributed by atoms with Crippen LogP contribution in [0.1, 0.15) is 34.1 Å². The summed E-state index contributed by atoms with van der Waals surface area (Å²) in [4.78, 5) is 18.6. The van der Waals surface area contributed by atoms with Crippen LogP contribution in [0.15, 0.2) is 71.6 Å². The van der Waals surface area contributed by atoms with Gasteiger partial charge in [-0.05, 0) is 48.4 Å². The molecule has 3 aromatic carbocycles. The van der Waals surface area contributed by atoms with Crippen molar-refractivity contribution in [2.75, 3.05) is 18.4 Å². The Labute approximate surface area is 204 Å². The summed E-state index contributed by atoms with van der Waals surface area (Å²) in [7, 11) is -2.57. The third-order valence-corrected chi connectivity index (χ3v) is 7.89. The van der Waals surface area contributed by atoms with Crippen LogP contribution in [0.25, 0.3) is 10.9 Å². The van der Waals surface area contributed by atoms with Crippen molar-refractivity contribution >= 4 is 32.5 Å². The number of H-pyrrole nitrogens is 1. The van der Waals surface area contributed by atoms with Crippen molar-refractivity contribution in [1.29, 1.82) is 0 Å². The number of para-hydroxylation sites is 1. The van der Waals surface area contributed by atoms with Gasteiger partial charge < -0.3 is 14.6 Å². The zero-order valence-corrected chi connectivity index (χ0v) is 20.5. The topological polar surface area (TPSA) is 91.5 Å². The molecule has 7 nitrogen and oxygen atoms in total. The molecule has 0 aliphatic carbocycles. The van der Waals surface area contributed by atoms with E-state index < -0.39 is 10.0 Å². The van der Waals surface area contributed by atoms with Crippen molar-refractivity contribution in [2.24, 2.45) is 0 Å². The Hall–Kier alpha value is -3.78. The number of hydrogen-bond acceptors (Lipinski definition) is 4. The first-order valence-electron chi connectivity index (χ1n) is 11.6. The Bertz CT molecular complexity index is 1510. The average Bonchev–Trinajstić information content (AvgIpc) is 3.26. The first kappa shape index (κ1) is 23.0. The van der Waals surface area contributed by atoms with E-state index in [9.17, 15) is 13.2 Å². The van der Waals surface area contributed by atoms with Gasteiger partial charge in [-0.2, -0.15) is 0 Å². The molecule has 5 rings (SSSR count). The van der Waals surface area contributed by atoms with Gasteiger partial charge in [0.1, 0.15) is 10.6 Å². The quantitative estimate of drug-likeness (QED) is 0.409. The maximum atomic E-state index is 13.4. The van der Waals surface area contributed by atoms with Crippen LogP contribution in [0.5, 0.6) is 5.75 Å². The van der Waals surface area contributed by atoms with Gasteiger partial charge >= 0.3 is 0 Å². The molecule has 1 aliphatic rings. The van der Waals surface area contributed by atoms with Crippen LogP contribution in [0.3, 0.4) is 0 Å². The Morgan fingerprint density at radius 1 is 1.09 bits per heavy atom. The van der Waals surface area contributed by atoms with Gasteiger partial charge in [0.25, 0.3) is 15.9 Å². The van der Waals surface area contributed by atoms with Crippen LogP contribution in [-0.4, -0.2) is 37.9 Å². The number of fused-ring (bicyclic) bond motifs is 3. The largest absolute Gasteiger partial charge is 0.495 e. The molecular formula is C27H27N3O4S. The van der Waals surface area contributed by atoms with E-state index in [4.69, 9.17) is 4.74 Å². The van der Waals surface area contributed by atoms with Gasteiger partial charge in [-0.3, -0.25) is 9.52 Å². The molecule has 0 unspecified atom stereocenters. The number of aromatic amines is 1. The van der Waals surface area contributed by atoms with Gasteiger partial charge in [0.2, 0.25) is 0 Å². The summed E-state index contributed by atoms with van der Waals surface area (Å²) in [5, 5.41) is 1.11. The Morgan fingerprint density at radius 2 is 1.86 bits per heavy atom. The van der Waals surface area contributed by atoms with Crippen LogP contribution in [0.2, 0.25) is 0 Å². The number of benzene rings is 3. The fourth-order valence-corrected chi connectivity index (χ4v) is 5.82. The number of ether oxygens (including phenoxy) is 1. The van der Waals surface area contributed by atoms with E-state index in [1.165, 1.54) is 19.2 Å². The number of anilines is 1. The molecule has 0 saturated carbocycles. The smallest absolute Gasteiger partial charge is 0.265 e. The predicted molar refractivity (Wildman–Crippen MR) is 136 cm³/mol. The first-order chi connectivity index (χ1) is 16.9. The molecule has 0 atom stereocenters. The molecule has 0 saturated heterocycles. The molecule has 1 amide bonds. The number of sulfonamides is 1. The van der Waals surface area contributed by atoms with Crippen molar-refractivity contribution in [3.63, 3.8) is 0 Å². The second-order valence-corrected chi connectivity index (χ2v) is 10.3. The number of aromatic nitrogens is 1. The minimum absolute atomic E-state index is 0.0739. The van der Waals surface area contributed by atoms with Crippen molar-refractivity contribution in [3.05, 3.63) is 89.1 Å². The molecule has 0 fully saturated rings. The second kappa shape index (κ2) is 9.11. The number of carbonyl (C=O) groups is 1. The maximum absolute atomic E-state index is 13.4. The van der Waals surface area contributed by atoms with Crippen LogP contribution in [0.4, 0.5) is 5.69 Å². The number of methoxy groups -OCH3 is 1. The minimum Gasteiger partial charge on any atom is -0.495 e. The normalized spacial score (nSPS) is 13.5. The lowest BCUT2D eigenvalue weighted by Gasteiger charge is -2.27. The number of hydrogen-bond donors (Lipinski definition) is 2. The summed E-state index contributed by atoms with van der Waals surface area (Å²) >= 11 is 0.